The largest absolute Gasteiger partial charge is 0.455 e. The molecule has 0 heterocycles. The van der Waals surface area contributed by atoms with Crippen molar-refractivity contribution in [2.24, 2.45) is 0 Å². The van der Waals surface area contributed by atoms with E-state index in [4.69, 9.17) is 10.5 Å². The maximum atomic E-state index is 13.3. The smallest absolute Gasteiger partial charge is 0.153 e. The average Bonchev–Trinajstić information content (AvgIpc) is 2.30. The summed E-state index contributed by atoms with van der Waals surface area (Å²) in [7, 11) is 0. The zero-order chi connectivity index (χ0) is 12.4. The number of anilines is 1. The summed E-state index contributed by atoms with van der Waals surface area (Å²) >= 11 is 0. The Morgan fingerprint density at radius 1 is 1.06 bits per heavy atom. The first-order valence-corrected chi connectivity index (χ1v) is 5.37. The minimum atomic E-state index is -0.465. The molecule has 2 nitrogen and oxygen atoms in total. The number of para-hydroxylation sites is 1. The molecule has 2 aromatic rings. The highest BCUT2D eigenvalue weighted by Crippen LogP contribution is 2.31. The van der Waals surface area contributed by atoms with Crippen LogP contribution in [0.4, 0.5) is 10.1 Å². The predicted molar refractivity (Wildman–Crippen MR) is 66.8 cm³/mol. The van der Waals surface area contributed by atoms with E-state index in [9.17, 15) is 4.39 Å². The highest BCUT2D eigenvalue weighted by Gasteiger charge is 2.08. The second-order valence-corrected chi connectivity index (χ2v) is 4.02. The minimum Gasteiger partial charge on any atom is -0.455 e. The normalized spacial score (nSPS) is 10.3. The number of rotatable bonds is 2. The molecule has 0 bridgehead atoms. The van der Waals surface area contributed by atoms with Gasteiger partial charge in [0.25, 0.3) is 0 Å². The van der Waals surface area contributed by atoms with Crippen molar-refractivity contribution in [3.05, 3.63) is 53.3 Å². The summed E-state index contributed by atoms with van der Waals surface area (Å²) < 4.78 is 18.9. The lowest BCUT2D eigenvalue weighted by Gasteiger charge is -2.11. The van der Waals surface area contributed by atoms with E-state index in [2.05, 4.69) is 0 Å². The lowest BCUT2D eigenvalue weighted by atomic mass is 10.1. The van der Waals surface area contributed by atoms with Gasteiger partial charge in [-0.05, 0) is 43.2 Å². The third kappa shape index (κ3) is 2.38. The SMILES string of the molecule is Cc1ccc(C)c(Oc2cccc(F)c2N)c1. The molecule has 0 aliphatic heterocycles. The molecular formula is C14H14FNO. The average molecular weight is 231 g/mol. The summed E-state index contributed by atoms with van der Waals surface area (Å²) in [6.45, 7) is 3.91. The molecule has 3 heteroatoms. The highest BCUT2D eigenvalue weighted by atomic mass is 19.1. The van der Waals surface area contributed by atoms with Crippen molar-refractivity contribution in [3.8, 4) is 11.5 Å². The van der Waals surface area contributed by atoms with Gasteiger partial charge < -0.3 is 10.5 Å². The third-order valence-corrected chi connectivity index (χ3v) is 2.58. The van der Waals surface area contributed by atoms with Gasteiger partial charge in [0, 0.05) is 0 Å². The number of nitrogens with two attached hydrogens (primary N) is 1. The van der Waals surface area contributed by atoms with Gasteiger partial charge in [0.05, 0.1) is 0 Å². The van der Waals surface area contributed by atoms with Crippen LogP contribution in [-0.4, -0.2) is 0 Å². The van der Waals surface area contributed by atoms with E-state index in [0.29, 0.717) is 11.5 Å². The van der Waals surface area contributed by atoms with Crippen LogP contribution in [0.5, 0.6) is 11.5 Å². The summed E-state index contributed by atoms with van der Waals surface area (Å²) in [6.07, 6.45) is 0. The number of aryl methyl sites for hydroxylation is 2. The highest BCUT2D eigenvalue weighted by molar-refractivity contribution is 5.55. The Kier molecular flexibility index (Phi) is 3.00. The van der Waals surface area contributed by atoms with Gasteiger partial charge in [-0.25, -0.2) is 4.39 Å². The molecular weight excluding hydrogens is 217 g/mol. The van der Waals surface area contributed by atoms with Gasteiger partial charge in [0.2, 0.25) is 0 Å². The summed E-state index contributed by atoms with van der Waals surface area (Å²) in [4.78, 5) is 0. The van der Waals surface area contributed by atoms with Gasteiger partial charge in [-0.2, -0.15) is 0 Å². The fourth-order valence-corrected chi connectivity index (χ4v) is 1.54. The number of halogens is 1. The van der Waals surface area contributed by atoms with Crippen LogP contribution in [0.15, 0.2) is 36.4 Å². The van der Waals surface area contributed by atoms with Gasteiger partial charge in [0.1, 0.15) is 17.3 Å². The van der Waals surface area contributed by atoms with Crippen molar-refractivity contribution in [2.75, 3.05) is 5.73 Å². The molecule has 0 fully saturated rings. The Hall–Kier alpha value is -2.03. The van der Waals surface area contributed by atoms with E-state index in [1.165, 1.54) is 6.07 Å². The number of ether oxygens (including phenoxy) is 1. The molecule has 17 heavy (non-hydrogen) atoms. The predicted octanol–water partition coefficient (Wildman–Crippen LogP) is 3.82. The summed E-state index contributed by atoms with van der Waals surface area (Å²) in [5.74, 6) is 0.578. The maximum absolute atomic E-state index is 13.3. The van der Waals surface area contributed by atoms with Crippen LogP contribution in [0.2, 0.25) is 0 Å². The van der Waals surface area contributed by atoms with E-state index in [0.717, 1.165) is 11.1 Å². The monoisotopic (exact) mass is 231 g/mol. The second-order valence-electron chi connectivity index (χ2n) is 4.02. The van der Waals surface area contributed by atoms with Crippen molar-refractivity contribution < 1.29 is 9.13 Å². The van der Waals surface area contributed by atoms with Crippen LogP contribution >= 0.6 is 0 Å². The van der Waals surface area contributed by atoms with E-state index in [1.807, 2.05) is 32.0 Å². The molecule has 0 radical (unpaired) electrons. The molecule has 0 atom stereocenters. The molecule has 0 saturated carbocycles. The van der Waals surface area contributed by atoms with Crippen molar-refractivity contribution >= 4 is 5.69 Å². The zero-order valence-corrected chi connectivity index (χ0v) is 9.83. The molecule has 0 amide bonds. The molecule has 88 valence electrons. The standard InChI is InChI=1S/C14H14FNO/c1-9-6-7-10(2)13(8-9)17-12-5-3-4-11(15)14(12)16/h3-8H,16H2,1-2H3. The summed E-state index contributed by atoms with van der Waals surface area (Å²) in [5, 5.41) is 0. The van der Waals surface area contributed by atoms with Crippen molar-refractivity contribution in [1.29, 1.82) is 0 Å². The summed E-state index contributed by atoms with van der Waals surface area (Å²) in [5.41, 5.74) is 7.72. The van der Waals surface area contributed by atoms with E-state index < -0.39 is 5.82 Å². The first-order valence-electron chi connectivity index (χ1n) is 5.37. The molecule has 0 saturated heterocycles. The topological polar surface area (TPSA) is 35.2 Å². The van der Waals surface area contributed by atoms with Crippen LogP contribution in [0.25, 0.3) is 0 Å². The molecule has 0 unspecified atom stereocenters. The Morgan fingerprint density at radius 2 is 1.82 bits per heavy atom. The Morgan fingerprint density at radius 3 is 2.59 bits per heavy atom. The Balaban J connectivity index is 2.38. The first-order chi connectivity index (χ1) is 8.08. The molecule has 0 aromatic heterocycles. The van der Waals surface area contributed by atoms with Crippen LogP contribution in [0.1, 0.15) is 11.1 Å². The van der Waals surface area contributed by atoms with E-state index in [1.54, 1.807) is 12.1 Å². The molecule has 0 spiro atoms. The maximum Gasteiger partial charge on any atom is 0.153 e. The molecule has 2 aromatic carbocycles. The lowest BCUT2D eigenvalue weighted by molar-refractivity contribution is 0.476. The number of hydrogen-bond acceptors (Lipinski definition) is 2. The van der Waals surface area contributed by atoms with Gasteiger partial charge >= 0.3 is 0 Å². The van der Waals surface area contributed by atoms with Crippen molar-refractivity contribution in [3.63, 3.8) is 0 Å². The number of nitrogen functional groups attached to an aromatic ring is 1. The van der Waals surface area contributed by atoms with Crippen LogP contribution in [-0.2, 0) is 0 Å². The third-order valence-electron chi connectivity index (χ3n) is 2.58. The van der Waals surface area contributed by atoms with Crippen LogP contribution in [0.3, 0.4) is 0 Å². The van der Waals surface area contributed by atoms with E-state index in [-0.39, 0.29) is 5.69 Å². The first kappa shape index (κ1) is 11.5. The van der Waals surface area contributed by atoms with E-state index >= 15 is 0 Å². The Labute approximate surface area is 99.8 Å². The van der Waals surface area contributed by atoms with Crippen molar-refractivity contribution in [2.45, 2.75) is 13.8 Å². The zero-order valence-electron chi connectivity index (χ0n) is 9.83. The Bertz CT molecular complexity index is 552. The van der Waals surface area contributed by atoms with Gasteiger partial charge in [-0.15, -0.1) is 0 Å². The van der Waals surface area contributed by atoms with Crippen LogP contribution < -0.4 is 10.5 Å². The summed E-state index contributed by atoms with van der Waals surface area (Å²) in [6, 6.07) is 10.4. The molecule has 0 aliphatic rings. The molecule has 2 N–H and O–H groups in total. The van der Waals surface area contributed by atoms with Crippen molar-refractivity contribution in [1.82, 2.24) is 0 Å². The van der Waals surface area contributed by atoms with Crippen LogP contribution in [0, 0.1) is 19.7 Å². The quantitative estimate of drug-likeness (QED) is 0.797. The fraction of sp³-hybridized carbons (Fsp3) is 0.143. The lowest BCUT2D eigenvalue weighted by Crippen LogP contribution is -1.96. The minimum absolute atomic E-state index is 0.0356. The number of benzene rings is 2. The molecule has 2 rings (SSSR count). The fourth-order valence-electron chi connectivity index (χ4n) is 1.54. The second kappa shape index (κ2) is 4.45. The van der Waals surface area contributed by atoms with Gasteiger partial charge in [-0.3, -0.25) is 0 Å². The molecule has 0 aliphatic carbocycles. The van der Waals surface area contributed by atoms with Gasteiger partial charge in [-0.1, -0.05) is 18.2 Å². The van der Waals surface area contributed by atoms with Gasteiger partial charge in [0.15, 0.2) is 5.75 Å². The number of hydrogen-bond donors (Lipinski definition) is 1.